The number of benzene rings is 1. The van der Waals surface area contributed by atoms with E-state index in [1.807, 2.05) is 6.92 Å². The van der Waals surface area contributed by atoms with Gasteiger partial charge in [-0.25, -0.2) is 4.39 Å². The van der Waals surface area contributed by atoms with E-state index in [0.29, 0.717) is 17.6 Å². The highest BCUT2D eigenvalue weighted by molar-refractivity contribution is 8.00. The van der Waals surface area contributed by atoms with Gasteiger partial charge in [0.1, 0.15) is 5.82 Å². The van der Waals surface area contributed by atoms with Gasteiger partial charge in [0, 0.05) is 16.8 Å². The van der Waals surface area contributed by atoms with Crippen LogP contribution in [-0.4, -0.2) is 23.2 Å². The van der Waals surface area contributed by atoms with Crippen molar-refractivity contribution in [3.8, 4) is 0 Å². The highest BCUT2D eigenvalue weighted by Crippen LogP contribution is 2.28. The van der Waals surface area contributed by atoms with Crippen LogP contribution < -0.4 is 0 Å². The summed E-state index contributed by atoms with van der Waals surface area (Å²) in [5.74, 6) is -0.494. The highest BCUT2D eigenvalue weighted by Gasteiger charge is 2.11. The largest absolute Gasteiger partial charge is 0.396 e. The summed E-state index contributed by atoms with van der Waals surface area (Å²) in [4.78, 5) is 11.3. The Labute approximate surface area is 92.5 Å². The Hall–Kier alpha value is -0.870. The van der Waals surface area contributed by atoms with Crippen LogP contribution >= 0.6 is 11.8 Å². The molecular formula is C11H13FO2S. The third-order valence-electron chi connectivity index (χ3n) is 1.99. The molecule has 0 heterocycles. The summed E-state index contributed by atoms with van der Waals surface area (Å²) in [6.07, 6.45) is 1.16. The number of halogens is 1. The van der Waals surface area contributed by atoms with Gasteiger partial charge >= 0.3 is 0 Å². The summed E-state index contributed by atoms with van der Waals surface area (Å²) in [6.45, 7) is 2.03. The number of rotatable bonds is 5. The number of aliphatic hydroxyl groups is 1. The molecule has 1 N–H and O–H groups in total. The van der Waals surface area contributed by atoms with Crippen LogP contribution in [0.25, 0.3) is 0 Å². The lowest BCUT2D eigenvalue weighted by Gasteiger charge is -2.11. The molecule has 0 amide bonds. The van der Waals surface area contributed by atoms with Gasteiger partial charge in [0.2, 0.25) is 0 Å². The molecule has 82 valence electrons. The minimum Gasteiger partial charge on any atom is -0.396 e. The van der Waals surface area contributed by atoms with Crippen LogP contribution in [-0.2, 0) is 0 Å². The number of aliphatic hydroxyl groups excluding tert-OH is 1. The number of hydrogen-bond donors (Lipinski definition) is 1. The van der Waals surface area contributed by atoms with Crippen molar-refractivity contribution in [2.24, 2.45) is 0 Å². The molecule has 1 unspecified atom stereocenters. The number of carbonyl (C=O) groups is 1. The maximum atomic E-state index is 13.2. The fraction of sp³-hybridized carbons (Fsp3) is 0.364. The minimum absolute atomic E-state index is 0.0971. The summed E-state index contributed by atoms with van der Waals surface area (Å²) in [6, 6.07) is 4.56. The predicted molar refractivity (Wildman–Crippen MR) is 58.8 cm³/mol. The van der Waals surface area contributed by atoms with Crippen LogP contribution in [0.2, 0.25) is 0 Å². The maximum absolute atomic E-state index is 13.2. The van der Waals surface area contributed by atoms with Crippen molar-refractivity contribution in [1.82, 2.24) is 0 Å². The third kappa shape index (κ3) is 3.32. The minimum atomic E-state index is -0.494. The molecule has 0 spiro atoms. The lowest BCUT2D eigenvalue weighted by atomic mass is 10.2. The molecule has 0 aliphatic heterocycles. The molecule has 4 heteroatoms. The molecule has 15 heavy (non-hydrogen) atoms. The Bertz CT molecular complexity index is 341. The van der Waals surface area contributed by atoms with Crippen molar-refractivity contribution in [3.63, 3.8) is 0 Å². The van der Waals surface area contributed by atoms with E-state index in [1.165, 1.54) is 17.8 Å². The second kappa shape index (κ2) is 5.88. The topological polar surface area (TPSA) is 37.3 Å². The SMILES string of the molecule is CC(CCO)Sc1cccc(F)c1C=O. The van der Waals surface area contributed by atoms with Crippen molar-refractivity contribution in [2.45, 2.75) is 23.5 Å². The molecule has 0 saturated heterocycles. The average Bonchev–Trinajstić information content (AvgIpc) is 2.18. The summed E-state index contributed by atoms with van der Waals surface area (Å²) < 4.78 is 13.2. The molecule has 0 aliphatic rings. The molecule has 0 aliphatic carbocycles. The summed E-state index contributed by atoms with van der Waals surface area (Å²) >= 11 is 1.40. The summed E-state index contributed by atoms with van der Waals surface area (Å²) in [7, 11) is 0. The first-order valence-electron chi connectivity index (χ1n) is 4.70. The van der Waals surface area contributed by atoms with Gasteiger partial charge in [-0.15, -0.1) is 11.8 Å². The summed E-state index contributed by atoms with van der Waals surface area (Å²) in [5.41, 5.74) is 0.104. The van der Waals surface area contributed by atoms with E-state index < -0.39 is 5.82 Å². The quantitative estimate of drug-likeness (QED) is 0.621. The first-order chi connectivity index (χ1) is 7.19. The Kier molecular flexibility index (Phi) is 4.78. The molecular weight excluding hydrogens is 215 g/mol. The maximum Gasteiger partial charge on any atom is 0.154 e. The molecule has 0 aromatic heterocycles. The lowest BCUT2D eigenvalue weighted by molar-refractivity contribution is 0.111. The smallest absolute Gasteiger partial charge is 0.154 e. The van der Waals surface area contributed by atoms with Crippen LogP contribution in [0.3, 0.4) is 0 Å². The van der Waals surface area contributed by atoms with Crippen LogP contribution in [0, 0.1) is 5.82 Å². The first-order valence-corrected chi connectivity index (χ1v) is 5.58. The van der Waals surface area contributed by atoms with E-state index in [-0.39, 0.29) is 17.4 Å². The fourth-order valence-electron chi connectivity index (χ4n) is 1.19. The second-order valence-electron chi connectivity index (χ2n) is 3.21. The van der Waals surface area contributed by atoms with Crippen LogP contribution in [0.15, 0.2) is 23.1 Å². The zero-order valence-electron chi connectivity index (χ0n) is 8.44. The second-order valence-corrected chi connectivity index (χ2v) is 4.69. The lowest BCUT2D eigenvalue weighted by Crippen LogP contribution is -2.01. The van der Waals surface area contributed by atoms with Gasteiger partial charge < -0.3 is 5.11 Å². The third-order valence-corrected chi connectivity index (χ3v) is 3.24. The summed E-state index contributed by atoms with van der Waals surface area (Å²) in [5, 5.41) is 8.90. The van der Waals surface area contributed by atoms with E-state index >= 15 is 0 Å². The fourth-order valence-corrected chi connectivity index (χ4v) is 2.28. The van der Waals surface area contributed by atoms with Crippen molar-refractivity contribution >= 4 is 18.0 Å². The van der Waals surface area contributed by atoms with Gasteiger partial charge in [-0.05, 0) is 18.6 Å². The van der Waals surface area contributed by atoms with Crippen LogP contribution in [0.4, 0.5) is 4.39 Å². The monoisotopic (exact) mass is 228 g/mol. The molecule has 0 fully saturated rings. The van der Waals surface area contributed by atoms with Gasteiger partial charge in [0.15, 0.2) is 6.29 Å². The van der Waals surface area contributed by atoms with E-state index in [2.05, 4.69) is 0 Å². The Balaban J connectivity index is 2.84. The van der Waals surface area contributed by atoms with Crippen LogP contribution in [0.1, 0.15) is 23.7 Å². The number of hydrogen-bond acceptors (Lipinski definition) is 3. The highest BCUT2D eigenvalue weighted by atomic mass is 32.2. The molecule has 0 radical (unpaired) electrons. The van der Waals surface area contributed by atoms with Gasteiger partial charge in [-0.3, -0.25) is 4.79 Å². The molecule has 2 nitrogen and oxygen atoms in total. The molecule has 1 rings (SSSR count). The molecule has 0 saturated carbocycles. The Morgan fingerprint density at radius 3 is 2.93 bits per heavy atom. The van der Waals surface area contributed by atoms with Crippen molar-refractivity contribution < 1.29 is 14.3 Å². The van der Waals surface area contributed by atoms with E-state index in [9.17, 15) is 9.18 Å². The first kappa shape index (κ1) is 12.2. The van der Waals surface area contributed by atoms with Gasteiger partial charge in [-0.1, -0.05) is 13.0 Å². The van der Waals surface area contributed by atoms with E-state index in [1.54, 1.807) is 12.1 Å². The van der Waals surface area contributed by atoms with E-state index in [4.69, 9.17) is 5.11 Å². The van der Waals surface area contributed by atoms with Crippen molar-refractivity contribution in [2.75, 3.05) is 6.61 Å². The number of aldehydes is 1. The standard InChI is InChI=1S/C11H13FO2S/c1-8(5-6-13)15-11-4-2-3-10(12)9(11)7-14/h2-4,7-8,13H,5-6H2,1H3. The average molecular weight is 228 g/mol. The van der Waals surface area contributed by atoms with Gasteiger partial charge in [0.05, 0.1) is 5.56 Å². The van der Waals surface area contributed by atoms with Gasteiger partial charge in [0.25, 0.3) is 0 Å². The zero-order chi connectivity index (χ0) is 11.3. The molecule has 0 bridgehead atoms. The molecule has 1 aromatic rings. The molecule has 1 aromatic carbocycles. The normalized spacial score (nSPS) is 12.5. The van der Waals surface area contributed by atoms with Gasteiger partial charge in [-0.2, -0.15) is 0 Å². The Morgan fingerprint density at radius 2 is 2.33 bits per heavy atom. The Morgan fingerprint density at radius 1 is 1.60 bits per heavy atom. The van der Waals surface area contributed by atoms with Crippen molar-refractivity contribution in [3.05, 3.63) is 29.6 Å². The number of thioether (sulfide) groups is 1. The molecule has 1 atom stereocenters. The van der Waals surface area contributed by atoms with E-state index in [0.717, 1.165) is 0 Å². The zero-order valence-corrected chi connectivity index (χ0v) is 9.26. The number of carbonyl (C=O) groups excluding carboxylic acids is 1. The predicted octanol–water partition coefficient (Wildman–Crippen LogP) is 2.50. The van der Waals surface area contributed by atoms with Crippen LogP contribution in [0.5, 0.6) is 0 Å². The van der Waals surface area contributed by atoms with Crippen molar-refractivity contribution in [1.29, 1.82) is 0 Å².